The normalized spacial score (nSPS) is 31.4. The average Bonchev–Trinajstić information content (AvgIpc) is 2.39. The van der Waals surface area contributed by atoms with E-state index in [0.717, 1.165) is 12.8 Å². The molecule has 10 heavy (non-hydrogen) atoms. The maximum absolute atomic E-state index is 9.02. The van der Waals surface area contributed by atoms with Gasteiger partial charge in [0.1, 0.15) is 0 Å². The van der Waals surface area contributed by atoms with Crippen LogP contribution in [0.15, 0.2) is 12.2 Å². The minimum Gasteiger partial charge on any atom is -0.395 e. The maximum atomic E-state index is 9.02. The number of hydrogen-bond acceptors (Lipinski definition) is 2. The van der Waals surface area contributed by atoms with Crippen molar-refractivity contribution in [2.75, 3.05) is 20.3 Å². The van der Waals surface area contributed by atoms with Crippen LogP contribution in [0.5, 0.6) is 0 Å². The number of aliphatic hydroxyl groups is 1. The number of allylic oxidation sites excluding steroid dienone is 1. The van der Waals surface area contributed by atoms with E-state index in [1.807, 2.05) is 0 Å². The molecule has 1 aliphatic carbocycles. The third-order valence-corrected chi connectivity index (χ3v) is 2.03. The molecule has 1 aliphatic rings. The van der Waals surface area contributed by atoms with E-state index in [-0.39, 0.29) is 12.0 Å². The van der Waals surface area contributed by atoms with Crippen LogP contribution in [0.25, 0.3) is 0 Å². The molecule has 0 aliphatic heterocycles. The van der Waals surface area contributed by atoms with Gasteiger partial charge in [0.2, 0.25) is 0 Å². The molecule has 1 unspecified atom stereocenters. The third kappa shape index (κ3) is 1.39. The Kier molecular flexibility index (Phi) is 2.46. The number of aliphatic hydroxyl groups excluding tert-OH is 1. The van der Waals surface area contributed by atoms with Gasteiger partial charge in [-0.2, -0.15) is 0 Å². The van der Waals surface area contributed by atoms with Gasteiger partial charge in [0.05, 0.1) is 13.2 Å². The molecule has 0 bridgehead atoms. The fraction of sp³-hybridized carbons (Fsp3) is 0.750. The molecule has 0 spiro atoms. The van der Waals surface area contributed by atoms with Gasteiger partial charge in [-0.15, -0.1) is 0 Å². The van der Waals surface area contributed by atoms with Crippen LogP contribution in [-0.4, -0.2) is 25.4 Å². The smallest absolute Gasteiger partial charge is 0.0575 e. The molecule has 0 aromatic rings. The summed E-state index contributed by atoms with van der Waals surface area (Å²) >= 11 is 0. The van der Waals surface area contributed by atoms with E-state index in [0.29, 0.717) is 6.61 Å². The summed E-state index contributed by atoms with van der Waals surface area (Å²) in [5, 5.41) is 9.02. The average molecular weight is 142 g/mol. The lowest BCUT2D eigenvalue weighted by Crippen LogP contribution is -2.25. The highest BCUT2D eigenvalue weighted by Gasteiger charge is 2.28. The van der Waals surface area contributed by atoms with E-state index in [4.69, 9.17) is 9.84 Å². The van der Waals surface area contributed by atoms with Gasteiger partial charge in [-0.05, 0) is 12.8 Å². The van der Waals surface area contributed by atoms with E-state index in [1.165, 1.54) is 0 Å². The third-order valence-electron chi connectivity index (χ3n) is 2.03. The Morgan fingerprint density at radius 2 is 2.50 bits per heavy atom. The molecule has 0 aromatic heterocycles. The van der Waals surface area contributed by atoms with Gasteiger partial charge in [-0.3, -0.25) is 0 Å². The molecule has 0 radical (unpaired) electrons. The van der Waals surface area contributed by atoms with E-state index in [2.05, 4.69) is 12.2 Å². The van der Waals surface area contributed by atoms with Gasteiger partial charge < -0.3 is 9.84 Å². The molecular weight excluding hydrogens is 128 g/mol. The van der Waals surface area contributed by atoms with Crippen molar-refractivity contribution in [2.24, 2.45) is 5.41 Å². The molecule has 0 fully saturated rings. The highest BCUT2D eigenvalue weighted by Crippen LogP contribution is 2.31. The Morgan fingerprint density at radius 3 is 2.90 bits per heavy atom. The van der Waals surface area contributed by atoms with Gasteiger partial charge in [-0.1, -0.05) is 12.2 Å². The van der Waals surface area contributed by atoms with Crippen molar-refractivity contribution in [1.29, 1.82) is 0 Å². The lowest BCUT2D eigenvalue weighted by Gasteiger charge is -2.22. The van der Waals surface area contributed by atoms with Gasteiger partial charge in [-0.25, -0.2) is 0 Å². The highest BCUT2D eigenvalue weighted by atomic mass is 16.5. The molecule has 0 saturated heterocycles. The second-order valence-corrected chi connectivity index (χ2v) is 2.89. The van der Waals surface area contributed by atoms with Crippen molar-refractivity contribution in [3.05, 3.63) is 12.2 Å². The van der Waals surface area contributed by atoms with Crippen molar-refractivity contribution < 1.29 is 9.84 Å². The zero-order valence-corrected chi connectivity index (χ0v) is 6.34. The summed E-state index contributed by atoms with van der Waals surface area (Å²) in [6.45, 7) is 0.845. The summed E-state index contributed by atoms with van der Waals surface area (Å²) in [4.78, 5) is 0. The topological polar surface area (TPSA) is 29.5 Å². The molecular formula is C8H14O2. The second-order valence-electron chi connectivity index (χ2n) is 2.89. The zero-order chi connectivity index (χ0) is 7.45. The van der Waals surface area contributed by atoms with E-state index in [9.17, 15) is 0 Å². The first kappa shape index (κ1) is 7.76. The minimum atomic E-state index is -0.0608. The first-order valence-corrected chi connectivity index (χ1v) is 3.60. The van der Waals surface area contributed by atoms with Crippen molar-refractivity contribution in [1.82, 2.24) is 0 Å². The Balaban J connectivity index is 2.50. The van der Waals surface area contributed by atoms with Crippen molar-refractivity contribution in [2.45, 2.75) is 12.8 Å². The monoisotopic (exact) mass is 142 g/mol. The molecule has 58 valence electrons. The molecule has 0 amide bonds. The van der Waals surface area contributed by atoms with Crippen LogP contribution in [0.4, 0.5) is 0 Å². The zero-order valence-electron chi connectivity index (χ0n) is 6.34. The van der Waals surface area contributed by atoms with Crippen LogP contribution in [0.1, 0.15) is 12.8 Å². The van der Waals surface area contributed by atoms with Crippen molar-refractivity contribution >= 4 is 0 Å². The lowest BCUT2D eigenvalue weighted by molar-refractivity contribution is 0.0625. The molecule has 1 N–H and O–H groups in total. The SMILES string of the molecule is COCC1(CO)C=CCC1. The van der Waals surface area contributed by atoms with E-state index in [1.54, 1.807) is 7.11 Å². The number of hydrogen-bond donors (Lipinski definition) is 1. The predicted octanol–water partition coefficient (Wildman–Crippen LogP) is 0.962. The second kappa shape index (κ2) is 3.17. The standard InChI is InChI=1S/C8H14O2/c1-10-7-8(6-9)4-2-3-5-8/h2,4,9H,3,5-7H2,1H3. The quantitative estimate of drug-likeness (QED) is 0.595. The minimum absolute atomic E-state index is 0.0608. The molecule has 0 aromatic carbocycles. The molecule has 1 atom stereocenters. The van der Waals surface area contributed by atoms with Gasteiger partial charge in [0, 0.05) is 12.5 Å². The van der Waals surface area contributed by atoms with E-state index < -0.39 is 0 Å². The highest BCUT2D eigenvalue weighted by molar-refractivity contribution is 5.06. The lowest BCUT2D eigenvalue weighted by atomic mass is 9.90. The molecule has 2 nitrogen and oxygen atoms in total. The fourth-order valence-corrected chi connectivity index (χ4v) is 1.37. The van der Waals surface area contributed by atoms with Crippen molar-refractivity contribution in [3.8, 4) is 0 Å². The summed E-state index contributed by atoms with van der Waals surface area (Å²) in [5.74, 6) is 0. The van der Waals surface area contributed by atoms with Crippen LogP contribution in [0.2, 0.25) is 0 Å². The van der Waals surface area contributed by atoms with Crippen LogP contribution >= 0.6 is 0 Å². The Morgan fingerprint density at radius 1 is 1.70 bits per heavy atom. The fourth-order valence-electron chi connectivity index (χ4n) is 1.37. The summed E-state index contributed by atoms with van der Waals surface area (Å²) in [6.07, 6.45) is 6.27. The van der Waals surface area contributed by atoms with Gasteiger partial charge in [0.15, 0.2) is 0 Å². The van der Waals surface area contributed by atoms with Crippen LogP contribution in [0, 0.1) is 5.41 Å². The Hall–Kier alpha value is -0.340. The van der Waals surface area contributed by atoms with Gasteiger partial charge in [0.25, 0.3) is 0 Å². The van der Waals surface area contributed by atoms with Crippen molar-refractivity contribution in [3.63, 3.8) is 0 Å². The van der Waals surface area contributed by atoms with Gasteiger partial charge >= 0.3 is 0 Å². The first-order valence-electron chi connectivity index (χ1n) is 3.60. The first-order chi connectivity index (χ1) is 4.83. The largest absolute Gasteiger partial charge is 0.395 e. The van der Waals surface area contributed by atoms with E-state index >= 15 is 0 Å². The predicted molar refractivity (Wildman–Crippen MR) is 39.8 cm³/mol. The number of rotatable bonds is 3. The Labute approximate surface area is 61.5 Å². The number of ether oxygens (including phenoxy) is 1. The van der Waals surface area contributed by atoms with Crippen LogP contribution < -0.4 is 0 Å². The molecule has 0 heterocycles. The Bertz CT molecular complexity index is 131. The molecule has 2 heteroatoms. The molecule has 0 saturated carbocycles. The maximum Gasteiger partial charge on any atom is 0.0575 e. The van der Waals surface area contributed by atoms with Crippen LogP contribution in [0.3, 0.4) is 0 Å². The molecule has 1 rings (SSSR count). The number of methoxy groups -OCH3 is 1. The summed E-state index contributed by atoms with van der Waals surface area (Å²) in [6, 6.07) is 0. The summed E-state index contributed by atoms with van der Waals surface area (Å²) in [5.41, 5.74) is -0.0608. The van der Waals surface area contributed by atoms with Crippen LogP contribution in [-0.2, 0) is 4.74 Å². The summed E-state index contributed by atoms with van der Waals surface area (Å²) in [7, 11) is 1.67. The summed E-state index contributed by atoms with van der Waals surface area (Å²) < 4.78 is 5.01.